The van der Waals surface area contributed by atoms with E-state index in [1.54, 1.807) is 24.3 Å². The summed E-state index contributed by atoms with van der Waals surface area (Å²) in [7, 11) is 0. The third kappa shape index (κ3) is 7.16. The number of carbonyl (C=O) groups is 2. The fourth-order valence-electron chi connectivity index (χ4n) is 3.44. The molecule has 1 saturated heterocycles. The van der Waals surface area contributed by atoms with Crippen molar-refractivity contribution in [2.24, 2.45) is 0 Å². The van der Waals surface area contributed by atoms with Crippen LogP contribution >= 0.6 is 15.9 Å². The number of benzene rings is 1. The van der Waals surface area contributed by atoms with E-state index in [0.29, 0.717) is 12.1 Å². The quantitative estimate of drug-likeness (QED) is 0.511. The van der Waals surface area contributed by atoms with Gasteiger partial charge in [0.05, 0.1) is 12.2 Å². The maximum atomic E-state index is 12.7. The molecule has 0 saturated carbocycles. The highest BCUT2D eigenvalue weighted by atomic mass is 79.9. The molecule has 1 aromatic carbocycles. The first-order valence-corrected chi connectivity index (χ1v) is 11.2. The number of amides is 2. The number of halogens is 4. The van der Waals surface area contributed by atoms with Crippen LogP contribution in [0, 0.1) is 0 Å². The van der Waals surface area contributed by atoms with Gasteiger partial charge in [-0.1, -0.05) is 28.1 Å². The Hall–Kier alpha value is -2.66. The average Bonchev–Trinajstić information content (AvgIpc) is 2.78. The molecule has 2 amide bonds. The standard InChI is InChI=1S/C22H24BrF3N4O3/c1-13(29-21(32)22(24,25)26)19(14-4-6-15(23)7-5-14)33-17-8-9-18(28-12-17)20(31)30-16-3-2-10-27-11-16/h4-9,12-13,16,19,27H,2-3,10-11H2,1H3,(H,29,32)(H,30,31)/t13-,16-,19-/m0/s1. The molecular formula is C22H24BrF3N4O3. The van der Waals surface area contributed by atoms with Crippen molar-refractivity contribution < 1.29 is 27.5 Å². The van der Waals surface area contributed by atoms with Gasteiger partial charge in [-0.3, -0.25) is 9.59 Å². The summed E-state index contributed by atoms with van der Waals surface area (Å²) >= 11 is 3.31. The highest BCUT2D eigenvalue weighted by molar-refractivity contribution is 9.10. The van der Waals surface area contributed by atoms with E-state index >= 15 is 0 Å². The minimum atomic E-state index is -5.01. The molecule has 1 fully saturated rings. The molecule has 0 radical (unpaired) electrons. The second-order valence-corrected chi connectivity index (χ2v) is 8.66. The summed E-state index contributed by atoms with van der Waals surface area (Å²) in [5, 5.41) is 8.07. The van der Waals surface area contributed by atoms with Crippen LogP contribution in [-0.2, 0) is 4.79 Å². The molecule has 3 rings (SSSR count). The summed E-state index contributed by atoms with van der Waals surface area (Å²) in [6, 6.07) is 8.82. The Bertz CT molecular complexity index is 949. The zero-order valence-electron chi connectivity index (χ0n) is 17.8. The Kier molecular flexibility index (Phi) is 8.30. The van der Waals surface area contributed by atoms with E-state index in [1.807, 2.05) is 5.32 Å². The second-order valence-electron chi connectivity index (χ2n) is 7.75. The van der Waals surface area contributed by atoms with Gasteiger partial charge in [0.2, 0.25) is 0 Å². The number of nitrogens with zero attached hydrogens (tertiary/aromatic N) is 1. The molecule has 0 bridgehead atoms. The number of rotatable bonds is 7. The number of carbonyl (C=O) groups excluding carboxylic acids is 2. The third-order valence-electron chi connectivity index (χ3n) is 5.13. The van der Waals surface area contributed by atoms with Crippen molar-refractivity contribution >= 4 is 27.7 Å². The van der Waals surface area contributed by atoms with Gasteiger partial charge < -0.3 is 20.7 Å². The Labute approximate surface area is 197 Å². The van der Waals surface area contributed by atoms with E-state index in [0.717, 1.165) is 23.9 Å². The lowest BCUT2D eigenvalue weighted by molar-refractivity contribution is -0.174. The lowest BCUT2D eigenvalue weighted by Gasteiger charge is -2.27. The van der Waals surface area contributed by atoms with E-state index in [1.165, 1.54) is 25.3 Å². The monoisotopic (exact) mass is 528 g/mol. The van der Waals surface area contributed by atoms with Gasteiger partial charge in [-0.25, -0.2) is 4.98 Å². The Balaban J connectivity index is 1.72. The molecule has 178 valence electrons. The van der Waals surface area contributed by atoms with Crippen molar-refractivity contribution in [1.29, 1.82) is 0 Å². The fraction of sp³-hybridized carbons (Fsp3) is 0.409. The minimum absolute atomic E-state index is 0.0313. The molecule has 0 spiro atoms. The fourth-order valence-corrected chi connectivity index (χ4v) is 3.71. The maximum absolute atomic E-state index is 12.7. The van der Waals surface area contributed by atoms with Crippen LogP contribution < -0.4 is 20.7 Å². The largest absolute Gasteiger partial charge is 0.482 e. The Morgan fingerprint density at radius 2 is 1.94 bits per heavy atom. The van der Waals surface area contributed by atoms with Gasteiger partial charge in [-0.05, 0) is 56.1 Å². The molecule has 1 aromatic heterocycles. The summed E-state index contributed by atoms with van der Waals surface area (Å²) in [5.41, 5.74) is 0.756. The van der Waals surface area contributed by atoms with E-state index in [-0.39, 0.29) is 23.4 Å². The number of alkyl halides is 3. The Morgan fingerprint density at radius 1 is 1.21 bits per heavy atom. The summed E-state index contributed by atoms with van der Waals surface area (Å²) in [4.78, 5) is 28.0. The molecule has 1 aliphatic heterocycles. The van der Waals surface area contributed by atoms with Crippen molar-refractivity contribution in [2.45, 2.75) is 44.1 Å². The van der Waals surface area contributed by atoms with Crippen molar-refractivity contribution in [3.8, 4) is 5.75 Å². The zero-order chi connectivity index (χ0) is 24.0. The molecule has 7 nitrogen and oxygen atoms in total. The van der Waals surface area contributed by atoms with Crippen LogP contribution in [0.15, 0.2) is 47.1 Å². The van der Waals surface area contributed by atoms with Gasteiger partial charge in [-0.15, -0.1) is 0 Å². The van der Waals surface area contributed by atoms with Crippen LogP contribution in [0.25, 0.3) is 0 Å². The van der Waals surface area contributed by atoms with E-state index in [9.17, 15) is 22.8 Å². The van der Waals surface area contributed by atoms with Gasteiger partial charge in [0.25, 0.3) is 5.91 Å². The minimum Gasteiger partial charge on any atom is -0.482 e. The molecule has 3 atom stereocenters. The molecule has 0 aliphatic carbocycles. The number of hydrogen-bond donors (Lipinski definition) is 3. The van der Waals surface area contributed by atoms with Gasteiger partial charge in [0.1, 0.15) is 17.5 Å². The highest BCUT2D eigenvalue weighted by Crippen LogP contribution is 2.27. The van der Waals surface area contributed by atoms with Gasteiger partial charge in [-0.2, -0.15) is 13.2 Å². The third-order valence-corrected chi connectivity index (χ3v) is 5.66. The van der Waals surface area contributed by atoms with Gasteiger partial charge in [0, 0.05) is 17.1 Å². The molecule has 3 N–H and O–H groups in total. The van der Waals surface area contributed by atoms with Crippen LogP contribution in [-0.4, -0.2) is 48.1 Å². The van der Waals surface area contributed by atoms with Crippen LogP contribution in [0.4, 0.5) is 13.2 Å². The lowest BCUT2D eigenvalue weighted by Crippen LogP contribution is -2.45. The normalized spacial score (nSPS) is 18.2. The van der Waals surface area contributed by atoms with Gasteiger partial charge >= 0.3 is 12.1 Å². The number of nitrogens with one attached hydrogen (secondary N) is 3. The van der Waals surface area contributed by atoms with Crippen molar-refractivity contribution in [3.05, 3.63) is 58.3 Å². The molecule has 2 heterocycles. The SMILES string of the molecule is C[C@H](NC(=O)C(F)(F)F)[C@H](Oc1ccc(C(=O)N[C@H]2CCCNC2)nc1)c1ccc(Br)cc1. The van der Waals surface area contributed by atoms with E-state index in [2.05, 4.69) is 31.5 Å². The molecule has 11 heteroatoms. The molecule has 1 aliphatic rings. The van der Waals surface area contributed by atoms with Crippen LogP contribution in [0.1, 0.15) is 41.9 Å². The summed E-state index contributed by atoms with van der Waals surface area (Å²) in [5.74, 6) is -2.12. The summed E-state index contributed by atoms with van der Waals surface area (Å²) in [6.07, 6.45) is -2.75. The summed E-state index contributed by atoms with van der Waals surface area (Å²) < 4.78 is 44.9. The first-order chi connectivity index (χ1) is 15.6. The van der Waals surface area contributed by atoms with Crippen LogP contribution in [0.2, 0.25) is 0 Å². The maximum Gasteiger partial charge on any atom is 0.471 e. The number of hydrogen-bond acceptors (Lipinski definition) is 5. The second kappa shape index (κ2) is 11.0. The van der Waals surface area contributed by atoms with Crippen molar-refractivity contribution in [3.63, 3.8) is 0 Å². The zero-order valence-corrected chi connectivity index (χ0v) is 19.4. The molecule has 2 aromatic rings. The summed E-state index contributed by atoms with van der Waals surface area (Å²) in [6.45, 7) is 3.05. The van der Waals surface area contributed by atoms with E-state index in [4.69, 9.17) is 4.74 Å². The van der Waals surface area contributed by atoms with Crippen molar-refractivity contribution in [1.82, 2.24) is 20.9 Å². The van der Waals surface area contributed by atoms with Crippen LogP contribution in [0.5, 0.6) is 5.75 Å². The smallest absolute Gasteiger partial charge is 0.471 e. The predicted molar refractivity (Wildman–Crippen MR) is 119 cm³/mol. The number of pyridine rings is 1. The Morgan fingerprint density at radius 3 is 2.52 bits per heavy atom. The lowest BCUT2D eigenvalue weighted by atomic mass is 10.0. The number of aromatic nitrogens is 1. The number of ether oxygens (including phenoxy) is 1. The highest BCUT2D eigenvalue weighted by Gasteiger charge is 2.40. The average molecular weight is 529 g/mol. The van der Waals surface area contributed by atoms with Crippen LogP contribution in [0.3, 0.4) is 0 Å². The first kappa shape index (κ1) is 25.0. The topological polar surface area (TPSA) is 92.3 Å². The molecule has 33 heavy (non-hydrogen) atoms. The predicted octanol–water partition coefficient (Wildman–Crippen LogP) is 3.51. The number of piperidine rings is 1. The van der Waals surface area contributed by atoms with Crippen molar-refractivity contribution in [2.75, 3.05) is 13.1 Å². The molecule has 0 unspecified atom stereocenters. The first-order valence-electron chi connectivity index (χ1n) is 10.4. The van der Waals surface area contributed by atoms with E-state index < -0.39 is 24.2 Å². The van der Waals surface area contributed by atoms with Gasteiger partial charge in [0.15, 0.2) is 0 Å². The molecular weight excluding hydrogens is 505 g/mol.